The van der Waals surface area contributed by atoms with Gasteiger partial charge in [0.15, 0.2) is 5.65 Å². The quantitative estimate of drug-likeness (QED) is 0.367. The van der Waals surface area contributed by atoms with E-state index < -0.39 is 17.7 Å². The highest BCUT2D eigenvalue weighted by atomic mass is 19.1. The Labute approximate surface area is 215 Å². The lowest BCUT2D eigenvalue weighted by Gasteiger charge is -2.34. The molecule has 1 aliphatic heterocycles. The number of aromatic nitrogens is 5. The SMILES string of the molecule is O=C(O)c1ccc2c(N(C(=O)c3ccc(-n4nnc5cccnc54)cc3F)[C@@H]3CCCNC3)nccc2c1. The van der Waals surface area contributed by atoms with Gasteiger partial charge in [-0.2, -0.15) is 4.68 Å². The van der Waals surface area contributed by atoms with E-state index in [0.717, 1.165) is 13.0 Å². The number of carbonyl (C=O) groups excluding carboxylic acids is 1. The monoisotopic (exact) mass is 511 g/mol. The Morgan fingerprint density at radius 1 is 1.08 bits per heavy atom. The Morgan fingerprint density at radius 3 is 2.76 bits per heavy atom. The van der Waals surface area contributed by atoms with Crippen LogP contribution in [-0.4, -0.2) is 61.1 Å². The second-order valence-corrected chi connectivity index (χ2v) is 9.06. The van der Waals surface area contributed by atoms with Crippen LogP contribution in [-0.2, 0) is 0 Å². The molecular formula is C27H22FN7O3. The van der Waals surface area contributed by atoms with E-state index in [0.29, 0.717) is 46.4 Å². The van der Waals surface area contributed by atoms with Crippen molar-refractivity contribution in [3.63, 3.8) is 0 Å². The van der Waals surface area contributed by atoms with Crippen molar-refractivity contribution in [1.82, 2.24) is 30.3 Å². The number of aromatic carboxylic acids is 1. The maximum Gasteiger partial charge on any atom is 0.335 e. The van der Waals surface area contributed by atoms with E-state index in [9.17, 15) is 14.7 Å². The lowest BCUT2D eigenvalue weighted by Crippen LogP contribution is -2.49. The van der Waals surface area contributed by atoms with Gasteiger partial charge >= 0.3 is 5.97 Å². The number of anilines is 1. The molecule has 0 bridgehead atoms. The highest BCUT2D eigenvalue weighted by Gasteiger charge is 2.31. The van der Waals surface area contributed by atoms with E-state index in [4.69, 9.17) is 0 Å². The average molecular weight is 512 g/mol. The van der Waals surface area contributed by atoms with Gasteiger partial charge in [-0.05, 0) is 73.3 Å². The molecule has 1 aliphatic rings. The molecule has 1 atom stereocenters. The van der Waals surface area contributed by atoms with E-state index in [2.05, 4.69) is 25.6 Å². The minimum Gasteiger partial charge on any atom is -0.478 e. The summed E-state index contributed by atoms with van der Waals surface area (Å²) in [5.41, 5.74) is 1.44. The van der Waals surface area contributed by atoms with Crippen molar-refractivity contribution in [3.05, 3.63) is 83.9 Å². The number of amides is 1. The van der Waals surface area contributed by atoms with Gasteiger partial charge in [0.2, 0.25) is 0 Å². The molecule has 0 aliphatic carbocycles. The first-order chi connectivity index (χ1) is 18.5. The van der Waals surface area contributed by atoms with E-state index >= 15 is 4.39 Å². The van der Waals surface area contributed by atoms with Crippen molar-refractivity contribution in [1.29, 1.82) is 0 Å². The van der Waals surface area contributed by atoms with Gasteiger partial charge in [0.25, 0.3) is 5.91 Å². The van der Waals surface area contributed by atoms with Crippen LogP contribution in [0, 0.1) is 5.82 Å². The van der Waals surface area contributed by atoms with E-state index in [-0.39, 0.29) is 17.2 Å². The molecule has 4 heterocycles. The summed E-state index contributed by atoms with van der Waals surface area (Å²) in [6.07, 6.45) is 4.68. The summed E-state index contributed by atoms with van der Waals surface area (Å²) in [4.78, 5) is 35.8. The number of halogens is 1. The molecule has 0 spiro atoms. The van der Waals surface area contributed by atoms with Gasteiger partial charge in [-0.3, -0.25) is 9.69 Å². The molecule has 1 amide bonds. The summed E-state index contributed by atoms with van der Waals surface area (Å²) in [5, 5.41) is 22.1. The van der Waals surface area contributed by atoms with Crippen LogP contribution in [0.2, 0.25) is 0 Å². The van der Waals surface area contributed by atoms with Crippen molar-refractivity contribution < 1.29 is 19.1 Å². The van der Waals surface area contributed by atoms with Crippen LogP contribution >= 0.6 is 0 Å². The number of hydrogen-bond donors (Lipinski definition) is 2. The first-order valence-electron chi connectivity index (χ1n) is 12.1. The second-order valence-electron chi connectivity index (χ2n) is 9.06. The fourth-order valence-corrected chi connectivity index (χ4v) is 4.85. The van der Waals surface area contributed by atoms with Crippen LogP contribution in [0.15, 0.2) is 67.0 Å². The van der Waals surface area contributed by atoms with Crippen molar-refractivity contribution >= 4 is 39.6 Å². The third kappa shape index (κ3) is 4.12. The lowest BCUT2D eigenvalue weighted by molar-refractivity contribution is 0.0696. The van der Waals surface area contributed by atoms with Crippen LogP contribution in [0.4, 0.5) is 10.2 Å². The lowest BCUT2D eigenvalue weighted by atomic mass is 10.0. The molecule has 1 fully saturated rings. The number of carbonyl (C=O) groups is 2. The molecule has 11 heteroatoms. The predicted molar refractivity (Wildman–Crippen MR) is 138 cm³/mol. The molecule has 6 rings (SSSR count). The van der Waals surface area contributed by atoms with Crippen LogP contribution in [0.1, 0.15) is 33.6 Å². The largest absolute Gasteiger partial charge is 0.478 e. The summed E-state index contributed by atoms with van der Waals surface area (Å²) >= 11 is 0. The number of piperidine rings is 1. The van der Waals surface area contributed by atoms with Crippen molar-refractivity contribution in [2.45, 2.75) is 18.9 Å². The minimum atomic E-state index is -1.05. The topological polar surface area (TPSA) is 126 Å². The van der Waals surface area contributed by atoms with E-state index in [1.807, 2.05) is 0 Å². The number of benzene rings is 2. The van der Waals surface area contributed by atoms with E-state index in [1.54, 1.807) is 36.5 Å². The molecule has 0 unspecified atom stereocenters. The fourth-order valence-electron chi connectivity index (χ4n) is 4.85. The third-order valence-corrected chi connectivity index (χ3v) is 6.71. The molecule has 5 aromatic rings. The van der Waals surface area contributed by atoms with Gasteiger partial charge in [0, 0.05) is 30.4 Å². The maximum absolute atomic E-state index is 15.6. The van der Waals surface area contributed by atoms with Crippen molar-refractivity contribution in [3.8, 4) is 5.69 Å². The standard InChI is InChI=1S/C27H22FN7O3/c28-22-14-18(35-25-23(32-33-35)4-2-11-30-25)6-8-21(22)26(36)34(19-3-1-10-29-15-19)24-20-7-5-17(27(37)38)13-16(20)9-12-31-24/h2,4-9,11-14,19,29H,1,3,10,15H2,(H,37,38)/t19-/m1/s1. The minimum absolute atomic E-state index is 0.113. The van der Waals surface area contributed by atoms with Gasteiger partial charge in [-0.1, -0.05) is 5.21 Å². The summed E-state index contributed by atoms with van der Waals surface area (Å²) < 4.78 is 17.0. The Kier molecular flexibility index (Phi) is 5.97. The number of carboxylic acid groups (broad SMARTS) is 1. The number of nitrogens with one attached hydrogen (secondary N) is 1. The normalized spacial score (nSPS) is 15.6. The molecule has 38 heavy (non-hydrogen) atoms. The zero-order valence-corrected chi connectivity index (χ0v) is 20.1. The van der Waals surface area contributed by atoms with Crippen molar-refractivity contribution in [2.75, 3.05) is 18.0 Å². The zero-order valence-electron chi connectivity index (χ0n) is 20.1. The van der Waals surface area contributed by atoms with Gasteiger partial charge in [-0.15, -0.1) is 5.10 Å². The van der Waals surface area contributed by atoms with Gasteiger partial charge < -0.3 is 10.4 Å². The smallest absolute Gasteiger partial charge is 0.335 e. The highest BCUT2D eigenvalue weighted by Crippen LogP contribution is 2.31. The van der Waals surface area contributed by atoms with Crippen LogP contribution < -0.4 is 10.2 Å². The number of carboxylic acids is 1. The first kappa shape index (κ1) is 23.6. The van der Waals surface area contributed by atoms with E-state index in [1.165, 1.54) is 40.0 Å². The van der Waals surface area contributed by atoms with Crippen LogP contribution in [0.5, 0.6) is 0 Å². The Bertz CT molecular complexity index is 1700. The van der Waals surface area contributed by atoms with Gasteiger partial charge in [-0.25, -0.2) is 19.2 Å². The number of nitrogens with zero attached hydrogens (tertiary/aromatic N) is 6. The van der Waals surface area contributed by atoms with Crippen LogP contribution in [0.25, 0.3) is 27.6 Å². The molecule has 2 aromatic carbocycles. The number of pyridine rings is 2. The van der Waals surface area contributed by atoms with Gasteiger partial charge in [0.05, 0.1) is 22.9 Å². The summed E-state index contributed by atoms with van der Waals surface area (Å²) in [6.45, 7) is 1.35. The molecular weight excluding hydrogens is 489 g/mol. The number of hydrogen-bond acceptors (Lipinski definition) is 7. The Morgan fingerprint density at radius 2 is 1.97 bits per heavy atom. The number of rotatable bonds is 5. The van der Waals surface area contributed by atoms with Crippen molar-refractivity contribution in [2.24, 2.45) is 0 Å². The maximum atomic E-state index is 15.6. The third-order valence-electron chi connectivity index (χ3n) is 6.71. The molecule has 2 N–H and O–H groups in total. The molecule has 190 valence electrons. The molecule has 0 radical (unpaired) electrons. The summed E-state index contributed by atoms with van der Waals surface area (Å²) in [6, 6.07) is 13.8. The Hall–Kier alpha value is -4.77. The average Bonchev–Trinajstić information content (AvgIpc) is 3.38. The fraction of sp³-hybridized carbons (Fsp3) is 0.185. The van der Waals surface area contributed by atoms with Gasteiger partial charge in [0.1, 0.15) is 17.2 Å². The van der Waals surface area contributed by atoms with Crippen LogP contribution in [0.3, 0.4) is 0 Å². The number of fused-ring (bicyclic) bond motifs is 2. The predicted octanol–water partition coefficient (Wildman–Crippen LogP) is 3.60. The summed E-state index contributed by atoms with van der Waals surface area (Å²) in [5.74, 6) is -1.94. The first-order valence-corrected chi connectivity index (χ1v) is 12.1. The molecule has 1 saturated heterocycles. The molecule has 10 nitrogen and oxygen atoms in total. The molecule has 3 aromatic heterocycles. The highest BCUT2D eigenvalue weighted by molar-refractivity contribution is 6.11. The summed E-state index contributed by atoms with van der Waals surface area (Å²) in [7, 11) is 0. The Balaban J connectivity index is 1.43. The zero-order chi connectivity index (χ0) is 26.2. The second kappa shape index (κ2) is 9.60. The molecule has 0 saturated carbocycles.